The van der Waals surface area contributed by atoms with Crippen LogP contribution in [0.2, 0.25) is 0 Å². The third-order valence-corrected chi connectivity index (χ3v) is 2.61. The van der Waals surface area contributed by atoms with Crippen LogP contribution >= 0.6 is 0 Å². The van der Waals surface area contributed by atoms with Gasteiger partial charge in [-0.2, -0.15) is 0 Å². The Morgan fingerprint density at radius 3 is 2.32 bits per heavy atom. The number of nitrogens with zero attached hydrogens (tertiary/aromatic N) is 1. The number of hydrogen-bond acceptors (Lipinski definition) is 4. The lowest BCUT2D eigenvalue weighted by atomic mass is 10.1. The molecule has 1 rings (SSSR count). The zero-order chi connectivity index (χ0) is 14.4. The smallest absolute Gasteiger partial charge is 0.253 e. The molecule has 0 radical (unpaired) electrons. The second kappa shape index (κ2) is 6.86. The van der Waals surface area contributed by atoms with E-state index in [4.69, 9.17) is 10.5 Å². The molecule has 1 unspecified atom stereocenters. The molecule has 0 aliphatic carbocycles. The Balaban J connectivity index is 2.68. The molecule has 6 heteroatoms. The van der Waals surface area contributed by atoms with E-state index in [-0.39, 0.29) is 19.1 Å². The maximum atomic E-state index is 12.0. The van der Waals surface area contributed by atoms with Gasteiger partial charge >= 0.3 is 0 Å². The van der Waals surface area contributed by atoms with E-state index in [1.165, 1.54) is 36.3 Å². The molecule has 0 saturated heterocycles. The second-order valence-corrected chi connectivity index (χ2v) is 4.24. The van der Waals surface area contributed by atoms with Gasteiger partial charge in [0, 0.05) is 31.8 Å². The Hall–Kier alpha value is -1.92. The first-order chi connectivity index (χ1) is 8.95. The van der Waals surface area contributed by atoms with Gasteiger partial charge in [0.15, 0.2) is 0 Å². The highest BCUT2D eigenvalue weighted by molar-refractivity contribution is 5.97. The van der Waals surface area contributed by atoms with Crippen molar-refractivity contribution in [3.05, 3.63) is 35.4 Å². The number of hydrogen-bond donors (Lipinski definition) is 2. The summed E-state index contributed by atoms with van der Waals surface area (Å²) in [5.41, 5.74) is 5.89. The van der Waals surface area contributed by atoms with Crippen LogP contribution in [0.3, 0.4) is 0 Å². The molecule has 0 fully saturated rings. The van der Waals surface area contributed by atoms with E-state index in [9.17, 15) is 14.7 Å². The molecule has 1 atom stereocenters. The van der Waals surface area contributed by atoms with E-state index < -0.39 is 12.0 Å². The van der Waals surface area contributed by atoms with E-state index in [1.807, 2.05) is 0 Å². The Morgan fingerprint density at radius 1 is 1.32 bits per heavy atom. The number of likely N-dealkylation sites (N-methyl/N-ethyl adjacent to an activating group) is 1. The zero-order valence-corrected chi connectivity index (χ0v) is 11.0. The number of ether oxygens (including phenoxy) is 1. The van der Waals surface area contributed by atoms with Crippen LogP contribution in [0.5, 0.6) is 0 Å². The standard InChI is InChI=1S/C13H18N2O4/c1-15(7-11(16)8-19-2)13(18)10-5-3-9(4-6-10)12(14)17/h3-6,11,16H,7-8H2,1-2H3,(H2,14,17). The molecule has 0 aliphatic rings. The van der Waals surface area contributed by atoms with Crippen molar-refractivity contribution in [1.29, 1.82) is 0 Å². The van der Waals surface area contributed by atoms with Crippen molar-refractivity contribution in [2.75, 3.05) is 27.3 Å². The lowest BCUT2D eigenvalue weighted by Gasteiger charge is -2.20. The van der Waals surface area contributed by atoms with Crippen molar-refractivity contribution < 1.29 is 19.4 Å². The van der Waals surface area contributed by atoms with E-state index >= 15 is 0 Å². The topological polar surface area (TPSA) is 92.9 Å². The van der Waals surface area contributed by atoms with Crippen LogP contribution in [0.25, 0.3) is 0 Å². The van der Waals surface area contributed by atoms with Gasteiger partial charge in [-0.15, -0.1) is 0 Å². The highest BCUT2D eigenvalue weighted by atomic mass is 16.5. The monoisotopic (exact) mass is 266 g/mol. The maximum absolute atomic E-state index is 12.0. The third kappa shape index (κ3) is 4.35. The fraction of sp³-hybridized carbons (Fsp3) is 0.385. The second-order valence-electron chi connectivity index (χ2n) is 4.24. The van der Waals surface area contributed by atoms with Gasteiger partial charge in [-0.25, -0.2) is 0 Å². The lowest BCUT2D eigenvalue weighted by molar-refractivity contribution is 0.0380. The number of aliphatic hydroxyl groups is 1. The van der Waals surface area contributed by atoms with Crippen molar-refractivity contribution in [2.24, 2.45) is 5.73 Å². The van der Waals surface area contributed by atoms with Crippen LogP contribution in [-0.4, -0.2) is 55.2 Å². The predicted octanol–water partition coefficient (Wildman–Crippen LogP) is -0.135. The first-order valence-corrected chi connectivity index (χ1v) is 5.78. The fourth-order valence-electron chi connectivity index (χ4n) is 1.64. The van der Waals surface area contributed by atoms with Gasteiger partial charge in [0.05, 0.1) is 12.7 Å². The van der Waals surface area contributed by atoms with Gasteiger partial charge in [0.2, 0.25) is 5.91 Å². The summed E-state index contributed by atoms with van der Waals surface area (Å²) in [6.45, 7) is 0.336. The Labute approximate surface area is 111 Å². The molecule has 0 bridgehead atoms. The molecule has 2 amide bonds. The van der Waals surface area contributed by atoms with Gasteiger partial charge in [0.25, 0.3) is 5.91 Å². The quantitative estimate of drug-likeness (QED) is 0.749. The van der Waals surface area contributed by atoms with Gasteiger partial charge < -0.3 is 20.5 Å². The van der Waals surface area contributed by atoms with Crippen molar-refractivity contribution in [2.45, 2.75) is 6.10 Å². The molecule has 0 spiro atoms. The average molecular weight is 266 g/mol. The molecule has 104 valence electrons. The molecule has 6 nitrogen and oxygen atoms in total. The molecule has 0 saturated carbocycles. The van der Waals surface area contributed by atoms with Gasteiger partial charge in [-0.1, -0.05) is 0 Å². The maximum Gasteiger partial charge on any atom is 0.253 e. The Kier molecular flexibility index (Phi) is 5.47. The van der Waals surface area contributed by atoms with E-state index in [1.54, 1.807) is 7.05 Å². The van der Waals surface area contributed by atoms with Gasteiger partial charge in [-0.3, -0.25) is 9.59 Å². The third-order valence-electron chi connectivity index (χ3n) is 2.61. The van der Waals surface area contributed by atoms with Crippen LogP contribution in [-0.2, 0) is 4.74 Å². The molecule has 0 aromatic heterocycles. The predicted molar refractivity (Wildman–Crippen MR) is 69.8 cm³/mol. The van der Waals surface area contributed by atoms with E-state index in [0.717, 1.165) is 0 Å². The molecule has 0 heterocycles. The minimum atomic E-state index is -0.733. The summed E-state index contributed by atoms with van der Waals surface area (Å²) in [7, 11) is 3.07. The summed E-state index contributed by atoms with van der Waals surface area (Å²) in [6.07, 6.45) is -0.733. The first-order valence-electron chi connectivity index (χ1n) is 5.78. The number of carbonyl (C=O) groups excluding carboxylic acids is 2. The van der Waals surface area contributed by atoms with E-state index in [0.29, 0.717) is 11.1 Å². The number of amides is 2. The van der Waals surface area contributed by atoms with Crippen LogP contribution in [0, 0.1) is 0 Å². The number of rotatable bonds is 6. The van der Waals surface area contributed by atoms with E-state index in [2.05, 4.69) is 0 Å². The minimum Gasteiger partial charge on any atom is -0.389 e. The van der Waals surface area contributed by atoms with Crippen molar-refractivity contribution in [3.8, 4) is 0 Å². The molecule has 1 aromatic rings. The van der Waals surface area contributed by atoms with Crippen LogP contribution in [0.1, 0.15) is 20.7 Å². The number of carbonyl (C=O) groups is 2. The van der Waals surface area contributed by atoms with Crippen molar-refractivity contribution in [3.63, 3.8) is 0 Å². The minimum absolute atomic E-state index is 0.165. The summed E-state index contributed by atoms with van der Waals surface area (Å²) >= 11 is 0. The average Bonchev–Trinajstić information content (AvgIpc) is 2.38. The summed E-state index contributed by atoms with van der Waals surface area (Å²) in [4.78, 5) is 24.3. The van der Waals surface area contributed by atoms with Gasteiger partial charge in [0.1, 0.15) is 0 Å². The number of primary amides is 1. The fourth-order valence-corrected chi connectivity index (χ4v) is 1.64. The number of nitrogens with two attached hydrogens (primary N) is 1. The zero-order valence-electron chi connectivity index (χ0n) is 11.0. The molecule has 0 aliphatic heterocycles. The number of benzene rings is 1. The molecule has 1 aromatic carbocycles. The summed E-state index contributed by atoms with van der Waals surface area (Å²) < 4.78 is 4.79. The van der Waals surface area contributed by atoms with Crippen molar-refractivity contribution >= 4 is 11.8 Å². The van der Waals surface area contributed by atoms with Crippen LogP contribution in [0.15, 0.2) is 24.3 Å². The van der Waals surface area contributed by atoms with Crippen LogP contribution in [0.4, 0.5) is 0 Å². The largest absolute Gasteiger partial charge is 0.389 e. The summed E-state index contributed by atoms with van der Waals surface area (Å²) in [6, 6.07) is 6.05. The Bertz CT molecular complexity index is 444. The van der Waals surface area contributed by atoms with Gasteiger partial charge in [-0.05, 0) is 24.3 Å². The van der Waals surface area contributed by atoms with Crippen molar-refractivity contribution in [1.82, 2.24) is 4.90 Å². The highest BCUT2D eigenvalue weighted by Crippen LogP contribution is 2.07. The summed E-state index contributed by atoms with van der Waals surface area (Å²) in [5.74, 6) is -0.783. The number of methoxy groups -OCH3 is 1. The first kappa shape index (κ1) is 15.1. The number of aliphatic hydroxyl groups excluding tert-OH is 1. The normalized spacial score (nSPS) is 11.9. The molecule has 3 N–H and O–H groups in total. The molecular weight excluding hydrogens is 248 g/mol. The highest BCUT2D eigenvalue weighted by Gasteiger charge is 2.15. The SMILES string of the molecule is COCC(O)CN(C)C(=O)c1ccc(C(N)=O)cc1. The lowest BCUT2D eigenvalue weighted by Crippen LogP contribution is -2.36. The molecular formula is C13H18N2O4. The molecule has 19 heavy (non-hydrogen) atoms. The Morgan fingerprint density at radius 2 is 1.84 bits per heavy atom. The summed E-state index contributed by atoms with van der Waals surface area (Å²) in [5, 5.41) is 9.55. The van der Waals surface area contributed by atoms with Crippen LogP contribution < -0.4 is 5.73 Å².